The van der Waals surface area contributed by atoms with Crippen molar-refractivity contribution in [3.63, 3.8) is 0 Å². The molecule has 10 rings (SSSR count). The van der Waals surface area contributed by atoms with Gasteiger partial charge in [-0.05, 0) is 64.9 Å². The summed E-state index contributed by atoms with van der Waals surface area (Å²) in [5.41, 5.74) is 2.93. The molecule has 2 aromatic rings. The van der Waals surface area contributed by atoms with E-state index in [1.165, 1.54) is 17.5 Å². The van der Waals surface area contributed by atoms with Crippen LogP contribution in [-0.4, -0.2) is 0 Å². The Hall–Kier alpha value is -1.96. The Kier molecular flexibility index (Phi) is 1.72. The predicted octanol–water partition coefficient (Wildman–Crippen LogP) is 4.63. The zero-order chi connectivity index (χ0) is 16.0. The monoisotopic (exact) mass is 324 g/mol. The molecule has 0 spiro atoms. The minimum absolute atomic E-state index is 0.00996. The van der Waals surface area contributed by atoms with E-state index in [0.717, 1.165) is 35.5 Å². The van der Waals surface area contributed by atoms with Gasteiger partial charge in [-0.25, -0.2) is 0 Å². The third-order valence-electron chi connectivity index (χ3n) is 8.95. The highest BCUT2D eigenvalue weighted by molar-refractivity contribution is 5.49. The van der Waals surface area contributed by atoms with Crippen LogP contribution in [0.4, 0.5) is 0 Å². The normalized spacial score (nSPS) is 56.8. The van der Waals surface area contributed by atoms with Crippen molar-refractivity contribution in [1.82, 2.24) is 0 Å². The zero-order valence-corrected chi connectivity index (χ0v) is 14.0. The topological polar surface area (TPSA) is 24.7 Å². The summed E-state index contributed by atoms with van der Waals surface area (Å²) < 4.78 is 0. The highest BCUT2D eigenvalue weighted by Crippen LogP contribution is 2.95. The number of rotatable bonds is 2. The Morgan fingerprint density at radius 1 is 0.600 bits per heavy atom. The third kappa shape index (κ3) is 1.07. The van der Waals surface area contributed by atoms with Gasteiger partial charge in [-0.3, -0.25) is 0 Å². The number of nitrogens with zero attached hydrogens (tertiary/aromatic N) is 2. The number of benzene rings is 2. The maximum absolute atomic E-state index is 5.23. The molecule has 25 heavy (non-hydrogen) atoms. The van der Waals surface area contributed by atoms with Crippen LogP contribution in [0.15, 0.2) is 70.9 Å². The molecule has 0 N–H and O–H groups in total. The average molecular weight is 324 g/mol. The van der Waals surface area contributed by atoms with E-state index in [-0.39, 0.29) is 11.1 Å². The molecule has 2 heteroatoms. The Bertz CT molecular complexity index is 867. The van der Waals surface area contributed by atoms with E-state index in [0.29, 0.717) is 11.8 Å². The van der Waals surface area contributed by atoms with Crippen LogP contribution in [0.2, 0.25) is 0 Å². The first-order chi connectivity index (χ1) is 12.4. The molecule has 122 valence electrons. The standard InChI is InChI=1S/C23H20N2/c1-3-7-12(8-4-1)22-14-11-15(14)23(25-24-22,13-9-5-2-6-10-13)21-19-16-17(19)18(16)20(21)22/h1-10,14-21H,11H2/t14-,15+,16?,17?,18?,19?,20+,21-,22-,23+. The summed E-state index contributed by atoms with van der Waals surface area (Å²) in [7, 11) is 0. The van der Waals surface area contributed by atoms with Gasteiger partial charge < -0.3 is 0 Å². The zero-order valence-electron chi connectivity index (χ0n) is 14.0. The molecule has 2 aliphatic heterocycles. The molecule has 2 heterocycles. The second-order valence-corrected chi connectivity index (χ2v) is 9.39. The van der Waals surface area contributed by atoms with Crippen molar-refractivity contribution in [3.8, 4) is 0 Å². The van der Waals surface area contributed by atoms with Crippen LogP contribution in [0, 0.1) is 47.3 Å². The first-order valence-corrected chi connectivity index (χ1v) is 9.94. The largest absolute Gasteiger partial charge is 0.181 e. The second-order valence-electron chi connectivity index (χ2n) is 9.39. The van der Waals surface area contributed by atoms with Gasteiger partial charge in [-0.1, -0.05) is 60.7 Å². The van der Waals surface area contributed by atoms with E-state index in [1.807, 2.05) is 0 Å². The fraction of sp³-hybridized carbons (Fsp3) is 0.478. The predicted molar refractivity (Wildman–Crippen MR) is 93.6 cm³/mol. The summed E-state index contributed by atoms with van der Waals surface area (Å²) in [4.78, 5) is 0. The Balaban J connectivity index is 1.43. The highest BCUT2D eigenvalue weighted by atomic mass is 15.3. The SMILES string of the molecule is c1ccc([C@]23N=N[C@](c4ccccc4)([C@@H]4C[C@@H]42)[C@H]2C4C5C4C5[C@H]23)cc1. The van der Waals surface area contributed by atoms with E-state index in [2.05, 4.69) is 60.7 Å². The molecule has 0 radical (unpaired) electrons. The Morgan fingerprint density at radius 2 is 1.04 bits per heavy atom. The van der Waals surface area contributed by atoms with Crippen LogP contribution in [0.25, 0.3) is 0 Å². The van der Waals surface area contributed by atoms with E-state index < -0.39 is 0 Å². The maximum atomic E-state index is 5.23. The van der Waals surface area contributed by atoms with E-state index in [1.54, 1.807) is 0 Å². The summed E-state index contributed by atoms with van der Waals surface area (Å²) in [5.74, 6) is 6.90. The lowest BCUT2D eigenvalue weighted by atomic mass is 9.56. The Morgan fingerprint density at radius 3 is 1.48 bits per heavy atom. The molecule has 2 unspecified atom stereocenters. The average Bonchev–Trinajstić information content (AvgIpc) is 3.62. The maximum Gasteiger partial charge on any atom is 0.113 e. The molecule has 0 aromatic heterocycles. The van der Waals surface area contributed by atoms with Crippen LogP contribution >= 0.6 is 0 Å². The van der Waals surface area contributed by atoms with E-state index >= 15 is 0 Å². The summed E-state index contributed by atoms with van der Waals surface area (Å²) in [6.45, 7) is 0. The third-order valence-corrected chi connectivity index (χ3v) is 8.95. The Labute approximate surface area is 147 Å². The number of azo groups is 1. The lowest BCUT2D eigenvalue weighted by Gasteiger charge is -2.54. The molecule has 2 aromatic carbocycles. The quantitative estimate of drug-likeness (QED) is 0.769. The summed E-state index contributed by atoms with van der Waals surface area (Å²) in [5, 5.41) is 10.5. The summed E-state index contributed by atoms with van der Waals surface area (Å²) in [6, 6.07) is 22.4. The van der Waals surface area contributed by atoms with Crippen molar-refractivity contribution in [1.29, 1.82) is 0 Å². The molecule has 8 aliphatic rings. The summed E-state index contributed by atoms with van der Waals surface area (Å²) in [6.07, 6.45) is 1.32. The molecule has 8 atom stereocenters. The minimum atomic E-state index is 0.00996. The first kappa shape index (κ1) is 12.4. The molecule has 6 aliphatic carbocycles. The van der Waals surface area contributed by atoms with Gasteiger partial charge in [0.25, 0.3) is 0 Å². The van der Waals surface area contributed by atoms with E-state index in [9.17, 15) is 0 Å². The van der Waals surface area contributed by atoms with Crippen LogP contribution in [0.3, 0.4) is 0 Å². The van der Waals surface area contributed by atoms with Crippen molar-refractivity contribution in [2.75, 3.05) is 0 Å². The van der Waals surface area contributed by atoms with Gasteiger partial charge in [-0.2, -0.15) is 10.2 Å². The van der Waals surface area contributed by atoms with Crippen LogP contribution < -0.4 is 0 Å². The van der Waals surface area contributed by atoms with Gasteiger partial charge in [0.05, 0.1) is 0 Å². The second kappa shape index (κ2) is 3.47. The first-order valence-electron chi connectivity index (χ1n) is 9.94. The molecular weight excluding hydrogens is 304 g/mol. The number of hydrogen-bond donors (Lipinski definition) is 0. The smallest absolute Gasteiger partial charge is 0.113 e. The lowest BCUT2D eigenvalue weighted by Crippen LogP contribution is -2.55. The summed E-state index contributed by atoms with van der Waals surface area (Å²) >= 11 is 0. The van der Waals surface area contributed by atoms with Gasteiger partial charge >= 0.3 is 0 Å². The minimum Gasteiger partial charge on any atom is -0.181 e. The molecule has 0 amide bonds. The highest BCUT2D eigenvalue weighted by Gasteiger charge is 2.94. The van der Waals surface area contributed by atoms with Crippen molar-refractivity contribution in [2.24, 2.45) is 57.6 Å². The van der Waals surface area contributed by atoms with Crippen molar-refractivity contribution in [3.05, 3.63) is 71.8 Å². The molecule has 2 nitrogen and oxygen atoms in total. The van der Waals surface area contributed by atoms with Crippen LogP contribution in [-0.2, 0) is 11.1 Å². The van der Waals surface area contributed by atoms with Crippen LogP contribution in [0.1, 0.15) is 17.5 Å². The fourth-order valence-electron chi connectivity index (χ4n) is 8.16. The molecule has 4 bridgehead atoms. The lowest BCUT2D eigenvalue weighted by molar-refractivity contribution is -0.000352. The van der Waals surface area contributed by atoms with E-state index in [4.69, 9.17) is 10.2 Å². The molecule has 6 fully saturated rings. The molecule has 6 saturated carbocycles. The van der Waals surface area contributed by atoms with Crippen molar-refractivity contribution >= 4 is 0 Å². The van der Waals surface area contributed by atoms with Crippen molar-refractivity contribution in [2.45, 2.75) is 17.5 Å². The fourth-order valence-corrected chi connectivity index (χ4v) is 8.16. The molecular formula is C23H20N2. The van der Waals surface area contributed by atoms with Gasteiger partial charge in [0, 0.05) is 0 Å². The van der Waals surface area contributed by atoms with Gasteiger partial charge in [-0.15, -0.1) is 0 Å². The van der Waals surface area contributed by atoms with Crippen LogP contribution in [0.5, 0.6) is 0 Å². The number of hydrogen-bond acceptors (Lipinski definition) is 2. The van der Waals surface area contributed by atoms with Gasteiger partial charge in [0.2, 0.25) is 0 Å². The van der Waals surface area contributed by atoms with Gasteiger partial charge in [0.15, 0.2) is 0 Å². The van der Waals surface area contributed by atoms with Gasteiger partial charge in [0.1, 0.15) is 11.1 Å². The molecule has 0 saturated heterocycles. The van der Waals surface area contributed by atoms with Crippen molar-refractivity contribution < 1.29 is 0 Å².